The predicted molar refractivity (Wildman–Crippen MR) is 197 cm³/mol. The molecule has 0 N–H and O–H groups in total. The first-order valence-corrected chi connectivity index (χ1v) is 15.9. The smallest absolute Gasteiger partial charge is 0.188 e. The van der Waals surface area contributed by atoms with E-state index < -0.39 is 0 Å². The standard InChI is InChI=1S/C44H26N4/c1-46-31-21-25-44-39(27-31)37-13-5-9-17-43(37)48(44)42-16-8-4-12-36(42)38-26-29(28-45)18-24-33(38)30-19-22-32(23-20-30)47-40-14-6-2-10-34(40)35-11-3-7-15-41(35)47/h2-27H. The van der Waals surface area contributed by atoms with Crippen molar-refractivity contribution in [1.29, 1.82) is 5.26 Å². The van der Waals surface area contributed by atoms with Crippen LogP contribution in [0.25, 0.3) is 82.1 Å². The molecule has 9 rings (SSSR count). The van der Waals surface area contributed by atoms with Crippen molar-refractivity contribution in [2.45, 2.75) is 0 Å². The number of aromatic nitrogens is 2. The number of hydrogen-bond acceptors (Lipinski definition) is 1. The lowest BCUT2D eigenvalue weighted by molar-refractivity contribution is 1.18. The van der Waals surface area contributed by atoms with E-state index in [1.54, 1.807) is 0 Å². The zero-order valence-electron chi connectivity index (χ0n) is 25.8. The molecule has 0 saturated heterocycles. The maximum atomic E-state index is 9.99. The van der Waals surface area contributed by atoms with Crippen LogP contribution in [0.2, 0.25) is 0 Å². The molecule has 4 nitrogen and oxygen atoms in total. The van der Waals surface area contributed by atoms with Gasteiger partial charge in [0.1, 0.15) is 0 Å². The quantitative estimate of drug-likeness (QED) is 0.183. The van der Waals surface area contributed by atoms with E-state index in [1.165, 1.54) is 21.8 Å². The molecule has 0 fully saturated rings. The van der Waals surface area contributed by atoms with Crippen molar-refractivity contribution in [2.75, 3.05) is 0 Å². The summed E-state index contributed by atoms with van der Waals surface area (Å²) in [7, 11) is 0. The van der Waals surface area contributed by atoms with Crippen molar-refractivity contribution in [2.24, 2.45) is 0 Å². The summed E-state index contributed by atoms with van der Waals surface area (Å²) < 4.78 is 4.60. The average Bonchev–Trinajstić information content (AvgIpc) is 3.67. The number of rotatable bonds is 4. The first-order valence-electron chi connectivity index (χ1n) is 15.9. The maximum absolute atomic E-state index is 9.99. The molecular weight excluding hydrogens is 585 g/mol. The van der Waals surface area contributed by atoms with Gasteiger partial charge in [-0.2, -0.15) is 5.26 Å². The number of benzene rings is 7. The van der Waals surface area contributed by atoms with E-state index >= 15 is 0 Å². The molecule has 4 heteroatoms. The van der Waals surface area contributed by atoms with E-state index in [2.05, 4.69) is 141 Å². The fourth-order valence-corrected chi connectivity index (χ4v) is 7.27. The molecule has 2 heterocycles. The van der Waals surface area contributed by atoms with Crippen LogP contribution in [0.15, 0.2) is 158 Å². The van der Waals surface area contributed by atoms with Crippen LogP contribution in [-0.4, -0.2) is 9.13 Å². The highest BCUT2D eigenvalue weighted by atomic mass is 15.0. The van der Waals surface area contributed by atoms with Crippen LogP contribution in [-0.2, 0) is 0 Å². The highest BCUT2D eigenvalue weighted by Crippen LogP contribution is 2.41. The summed E-state index contributed by atoms with van der Waals surface area (Å²) in [6, 6.07) is 56.8. The fourth-order valence-electron chi connectivity index (χ4n) is 7.27. The number of hydrogen-bond donors (Lipinski definition) is 0. The predicted octanol–water partition coefficient (Wildman–Crippen LogP) is 11.6. The molecule has 7 aromatic carbocycles. The van der Waals surface area contributed by atoms with E-state index in [1.807, 2.05) is 36.4 Å². The van der Waals surface area contributed by atoms with Crippen molar-refractivity contribution in [3.8, 4) is 39.7 Å². The Balaban J connectivity index is 1.24. The zero-order chi connectivity index (χ0) is 32.2. The average molecular weight is 611 g/mol. The van der Waals surface area contributed by atoms with Gasteiger partial charge < -0.3 is 9.13 Å². The van der Waals surface area contributed by atoms with Crippen LogP contribution in [0, 0.1) is 17.9 Å². The lowest BCUT2D eigenvalue weighted by atomic mass is 9.91. The van der Waals surface area contributed by atoms with Gasteiger partial charge >= 0.3 is 0 Å². The van der Waals surface area contributed by atoms with E-state index in [9.17, 15) is 5.26 Å². The molecule has 0 aliphatic carbocycles. The summed E-state index contributed by atoms with van der Waals surface area (Å²) in [4.78, 5) is 3.70. The van der Waals surface area contributed by atoms with E-state index in [4.69, 9.17) is 6.57 Å². The van der Waals surface area contributed by atoms with Gasteiger partial charge in [-0.25, -0.2) is 4.85 Å². The Morgan fingerprint density at radius 1 is 0.479 bits per heavy atom. The van der Waals surface area contributed by atoms with Crippen LogP contribution in [0.1, 0.15) is 5.56 Å². The van der Waals surface area contributed by atoms with Gasteiger partial charge in [0.2, 0.25) is 0 Å². The minimum atomic E-state index is 0.606. The molecule has 48 heavy (non-hydrogen) atoms. The van der Waals surface area contributed by atoms with Crippen molar-refractivity contribution >= 4 is 49.3 Å². The van der Waals surface area contributed by atoms with Gasteiger partial charge in [0, 0.05) is 27.4 Å². The van der Waals surface area contributed by atoms with Crippen molar-refractivity contribution in [1.82, 2.24) is 9.13 Å². The highest BCUT2D eigenvalue weighted by Gasteiger charge is 2.19. The second-order valence-electron chi connectivity index (χ2n) is 12.0. The molecule has 0 aliphatic heterocycles. The SMILES string of the molecule is [C-]#[N+]c1ccc2c(c1)c1ccccc1n2-c1ccccc1-c1cc(C#N)ccc1-c1ccc(-n2c3ccccc3c3ccccc32)cc1. The molecule has 9 aromatic rings. The van der Waals surface area contributed by atoms with E-state index in [0.29, 0.717) is 11.3 Å². The van der Waals surface area contributed by atoms with E-state index in [-0.39, 0.29) is 0 Å². The monoisotopic (exact) mass is 610 g/mol. The molecule has 0 unspecified atom stereocenters. The molecule has 0 saturated carbocycles. The van der Waals surface area contributed by atoms with Crippen LogP contribution < -0.4 is 0 Å². The van der Waals surface area contributed by atoms with Gasteiger partial charge in [-0.1, -0.05) is 97.1 Å². The summed E-state index contributed by atoms with van der Waals surface area (Å²) in [5.74, 6) is 0. The van der Waals surface area contributed by atoms with E-state index in [0.717, 1.165) is 55.4 Å². The van der Waals surface area contributed by atoms with Crippen LogP contribution in [0.4, 0.5) is 5.69 Å². The molecule has 0 aliphatic rings. The van der Waals surface area contributed by atoms with Crippen LogP contribution in [0.5, 0.6) is 0 Å². The Morgan fingerprint density at radius 3 is 1.73 bits per heavy atom. The van der Waals surface area contributed by atoms with Gasteiger partial charge in [0.05, 0.1) is 46.0 Å². The largest absolute Gasteiger partial charge is 0.309 e. The third-order valence-electron chi connectivity index (χ3n) is 9.39. The number of nitrogens with zero attached hydrogens (tertiary/aromatic N) is 4. The third kappa shape index (κ3) is 4.14. The summed E-state index contributed by atoms with van der Waals surface area (Å²) in [5, 5.41) is 14.6. The Hall–Kier alpha value is -6.88. The van der Waals surface area contributed by atoms with Gasteiger partial charge in [-0.3, -0.25) is 0 Å². The Morgan fingerprint density at radius 2 is 1.06 bits per heavy atom. The van der Waals surface area contributed by atoms with Gasteiger partial charge in [-0.05, 0) is 82.7 Å². The first kappa shape index (κ1) is 27.4. The molecule has 222 valence electrons. The fraction of sp³-hybridized carbons (Fsp3) is 0. The third-order valence-corrected chi connectivity index (χ3v) is 9.39. The minimum absolute atomic E-state index is 0.606. The molecule has 0 atom stereocenters. The number of fused-ring (bicyclic) bond motifs is 6. The number of nitriles is 1. The topological polar surface area (TPSA) is 38.0 Å². The molecule has 0 spiro atoms. The lowest BCUT2D eigenvalue weighted by Crippen LogP contribution is -1.98. The van der Waals surface area contributed by atoms with Crippen molar-refractivity contribution < 1.29 is 0 Å². The number of para-hydroxylation sites is 4. The highest BCUT2D eigenvalue weighted by molar-refractivity contribution is 6.11. The lowest BCUT2D eigenvalue weighted by Gasteiger charge is -2.18. The first-order chi connectivity index (χ1) is 23.7. The van der Waals surface area contributed by atoms with Crippen LogP contribution in [0.3, 0.4) is 0 Å². The summed E-state index contributed by atoms with van der Waals surface area (Å²) in [6.45, 7) is 7.60. The summed E-state index contributed by atoms with van der Waals surface area (Å²) in [6.07, 6.45) is 0. The molecular formula is C44H26N4. The van der Waals surface area contributed by atoms with Crippen molar-refractivity contribution in [3.63, 3.8) is 0 Å². The molecule has 0 radical (unpaired) electrons. The molecule has 0 amide bonds. The van der Waals surface area contributed by atoms with Gasteiger partial charge in [0.15, 0.2) is 5.69 Å². The summed E-state index contributed by atoms with van der Waals surface area (Å²) >= 11 is 0. The van der Waals surface area contributed by atoms with Crippen molar-refractivity contribution in [3.05, 3.63) is 175 Å². The zero-order valence-corrected chi connectivity index (χ0v) is 25.8. The van der Waals surface area contributed by atoms with Gasteiger partial charge in [-0.15, -0.1) is 0 Å². The second kappa shape index (κ2) is 10.9. The summed E-state index contributed by atoms with van der Waals surface area (Å²) in [5.41, 5.74) is 11.9. The second-order valence-corrected chi connectivity index (χ2v) is 12.0. The molecule has 2 aromatic heterocycles. The van der Waals surface area contributed by atoms with Crippen LogP contribution >= 0.6 is 0 Å². The minimum Gasteiger partial charge on any atom is -0.309 e. The maximum Gasteiger partial charge on any atom is 0.188 e. The normalized spacial score (nSPS) is 11.3. The Bertz CT molecular complexity index is 2750. The molecule has 0 bridgehead atoms. The Labute approximate surface area is 277 Å². The Kier molecular flexibility index (Phi) is 6.22. The van der Waals surface area contributed by atoms with Gasteiger partial charge in [0.25, 0.3) is 0 Å².